The summed E-state index contributed by atoms with van der Waals surface area (Å²) in [6, 6.07) is 3.00. The molecule has 114 valence electrons. The molecule has 0 aromatic heterocycles. The van der Waals surface area contributed by atoms with E-state index >= 15 is 0 Å². The molecule has 0 saturated carbocycles. The predicted molar refractivity (Wildman–Crippen MR) is 73.1 cm³/mol. The quantitative estimate of drug-likeness (QED) is 0.747. The van der Waals surface area contributed by atoms with E-state index in [-0.39, 0.29) is 11.5 Å². The van der Waals surface area contributed by atoms with Crippen LogP contribution < -0.4 is 14.9 Å². The number of rotatable bonds is 1. The molecule has 0 bridgehead atoms. The Bertz CT molecular complexity index is 585. The normalized spacial score (nSPS) is 24.4. The van der Waals surface area contributed by atoms with Crippen molar-refractivity contribution in [1.29, 1.82) is 0 Å². The van der Waals surface area contributed by atoms with Crippen LogP contribution in [0.1, 0.15) is 33.3 Å². The van der Waals surface area contributed by atoms with E-state index in [0.29, 0.717) is 5.46 Å². The molecule has 2 aliphatic heterocycles. The second kappa shape index (κ2) is 4.11. The number of halogens is 2. The largest absolute Gasteiger partial charge is 0.586 e. The van der Waals surface area contributed by atoms with Gasteiger partial charge in [-0.15, -0.1) is 8.78 Å². The van der Waals surface area contributed by atoms with Crippen LogP contribution in [0.25, 0.3) is 0 Å². The van der Waals surface area contributed by atoms with Gasteiger partial charge in [-0.3, -0.25) is 0 Å². The molecule has 1 aromatic rings. The smallest absolute Gasteiger partial charge is 0.399 e. The van der Waals surface area contributed by atoms with Crippen molar-refractivity contribution in [3.8, 4) is 11.5 Å². The maximum absolute atomic E-state index is 13.1. The lowest BCUT2D eigenvalue weighted by molar-refractivity contribution is -0.286. The van der Waals surface area contributed by atoms with Gasteiger partial charge in [0.15, 0.2) is 11.5 Å². The number of benzene rings is 1. The lowest BCUT2D eigenvalue weighted by atomic mass is 9.76. The number of ether oxygens (including phenoxy) is 2. The molecule has 2 aliphatic rings. The van der Waals surface area contributed by atoms with Gasteiger partial charge in [0.1, 0.15) is 0 Å². The van der Waals surface area contributed by atoms with E-state index in [1.165, 1.54) is 12.1 Å². The Kier molecular flexibility index (Phi) is 2.85. The van der Waals surface area contributed by atoms with Gasteiger partial charge in [-0.2, -0.15) is 0 Å². The van der Waals surface area contributed by atoms with Crippen molar-refractivity contribution in [3.63, 3.8) is 0 Å². The summed E-state index contributed by atoms with van der Waals surface area (Å²) in [5.41, 5.74) is 0.414. The first-order valence-electron chi connectivity index (χ1n) is 6.77. The molecule has 4 nitrogen and oxygen atoms in total. The average Bonchev–Trinajstić information content (AvgIpc) is 2.69. The van der Waals surface area contributed by atoms with Crippen LogP contribution in [0.15, 0.2) is 12.1 Å². The molecule has 0 amide bonds. The zero-order valence-corrected chi connectivity index (χ0v) is 12.6. The maximum atomic E-state index is 13.1. The Morgan fingerprint density at radius 3 is 1.90 bits per heavy atom. The molecule has 21 heavy (non-hydrogen) atoms. The van der Waals surface area contributed by atoms with Crippen LogP contribution in [0.5, 0.6) is 11.5 Å². The van der Waals surface area contributed by atoms with Gasteiger partial charge in [-0.1, -0.05) is 0 Å². The molecule has 0 radical (unpaired) electrons. The topological polar surface area (TPSA) is 36.9 Å². The van der Waals surface area contributed by atoms with Gasteiger partial charge in [0, 0.05) is 0 Å². The summed E-state index contributed by atoms with van der Waals surface area (Å²) < 4.78 is 47.0. The first kappa shape index (κ1) is 14.6. The highest BCUT2D eigenvalue weighted by atomic mass is 19.3. The van der Waals surface area contributed by atoms with E-state index in [1.807, 2.05) is 27.7 Å². The molecular formula is C14H17BF2O4. The van der Waals surface area contributed by atoms with Crippen molar-refractivity contribution in [2.24, 2.45) is 0 Å². The molecule has 2 heterocycles. The SMILES string of the molecule is Cc1cc2c(cc1B1OC(C)(C)C(C)(C)O1)OC(F)(F)O2. The highest BCUT2D eigenvalue weighted by molar-refractivity contribution is 6.62. The second-order valence-electron chi connectivity index (χ2n) is 6.41. The molecule has 1 saturated heterocycles. The van der Waals surface area contributed by atoms with Crippen LogP contribution in [-0.2, 0) is 9.31 Å². The fraction of sp³-hybridized carbons (Fsp3) is 0.571. The fourth-order valence-electron chi connectivity index (χ4n) is 2.34. The van der Waals surface area contributed by atoms with Crippen molar-refractivity contribution in [3.05, 3.63) is 17.7 Å². The van der Waals surface area contributed by atoms with Gasteiger partial charge < -0.3 is 18.8 Å². The van der Waals surface area contributed by atoms with Crippen LogP contribution in [0.3, 0.4) is 0 Å². The minimum atomic E-state index is -3.62. The third-order valence-electron chi connectivity index (χ3n) is 4.30. The Morgan fingerprint density at radius 2 is 1.38 bits per heavy atom. The number of alkyl halides is 2. The Labute approximate surface area is 122 Å². The lowest BCUT2D eigenvalue weighted by Gasteiger charge is -2.32. The van der Waals surface area contributed by atoms with Crippen molar-refractivity contribution in [1.82, 2.24) is 0 Å². The van der Waals surface area contributed by atoms with Gasteiger partial charge in [0.25, 0.3) is 0 Å². The molecule has 1 aromatic carbocycles. The van der Waals surface area contributed by atoms with Crippen LogP contribution in [0.2, 0.25) is 0 Å². The molecule has 0 atom stereocenters. The van der Waals surface area contributed by atoms with Crippen molar-refractivity contribution in [2.75, 3.05) is 0 Å². The van der Waals surface area contributed by atoms with Gasteiger partial charge in [0.2, 0.25) is 0 Å². The van der Waals surface area contributed by atoms with Crippen molar-refractivity contribution < 1.29 is 27.6 Å². The van der Waals surface area contributed by atoms with E-state index in [2.05, 4.69) is 9.47 Å². The monoisotopic (exact) mass is 298 g/mol. The molecule has 7 heteroatoms. The summed E-state index contributed by atoms with van der Waals surface area (Å²) in [6.07, 6.45) is -3.62. The molecule has 0 aliphatic carbocycles. The summed E-state index contributed by atoms with van der Waals surface area (Å²) >= 11 is 0. The van der Waals surface area contributed by atoms with Crippen molar-refractivity contribution in [2.45, 2.75) is 52.1 Å². The summed E-state index contributed by atoms with van der Waals surface area (Å²) in [7, 11) is -0.627. The molecule has 0 N–H and O–H groups in total. The highest BCUT2D eigenvalue weighted by Gasteiger charge is 2.53. The summed E-state index contributed by atoms with van der Waals surface area (Å²) in [5.74, 6) is 0.0214. The van der Waals surface area contributed by atoms with E-state index in [9.17, 15) is 8.78 Å². The number of hydrogen-bond donors (Lipinski definition) is 0. The Morgan fingerprint density at radius 1 is 0.905 bits per heavy atom. The molecular weight excluding hydrogens is 281 g/mol. The van der Waals surface area contributed by atoms with Crippen molar-refractivity contribution >= 4 is 12.6 Å². The number of fused-ring (bicyclic) bond motifs is 1. The Balaban J connectivity index is 1.96. The van der Waals surface area contributed by atoms with E-state index in [4.69, 9.17) is 9.31 Å². The zero-order valence-electron chi connectivity index (χ0n) is 12.6. The van der Waals surface area contributed by atoms with Gasteiger partial charge in [-0.25, -0.2) is 0 Å². The third kappa shape index (κ3) is 2.28. The number of hydrogen-bond acceptors (Lipinski definition) is 4. The van der Waals surface area contributed by atoms with E-state index < -0.39 is 24.6 Å². The molecule has 0 spiro atoms. The second-order valence-corrected chi connectivity index (χ2v) is 6.41. The summed E-state index contributed by atoms with van der Waals surface area (Å²) in [6.45, 7) is 9.53. The minimum Gasteiger partial charge on any atom is -0.399 e. The lowest BCUT2D eigenvalue weighted by Crippen LogP contribution is -2.41. The molecule has 1 fully saturated rings. The first-order valence-corrected chi connectivity index (χ1v) is 6.77. The number of aryl methyl sites for hydroxylation is 1. The van der Waals surface area contributed by atoms with Gasteiger partial charge in [0.05, 0.1) is 11.2 Å². The van der Waals surface area contributed by atoms with Crippen LogP contribution >= 0.6 is 0 Å². The van der Waals surface area contributed by atoms with E-state index in [1.54, 1.807) is 6.92 Å². The van der Waals surface area contributed by atoms with Crippen LogP contribution in [0.4, 0.5) is 8.78 Å². The molecule has 0 unspecified atom stereocenters. The highest BCUT2D eigenvalue weighted by Crippen LogP contribution is 2.42. The third-order valence-corrected chi connectivity index (χ3v) is 4.30. The molecule has 3 rings (SSSR count). The van der Waals surface area contributed by atoms with Gasteiger partial charge >= 0.3 is 13.4 Å². The van der Waals surface area contributed by atoms with Gasteiger partial charge in [-0.05, 0) is 57.8 Å². The van der Waals surface area contributed by atoms with E-state index in [0.717, 1.165) is 5.56 Å². The first-order chi connectivity index (χ1) is 9.51. The minimum absolute atomic E-state index is 0.00434. The average molecular weight is 298 g/mol. The van der Waals surface area contributed by atoms with Crippen LogP contribution in [-0.4, -0.2) is 24.6 Å². The Hall–Kier alpha value is -1.34. The summed E-state index contributed by atoms with van der Waals surface area (Å²) in [5, 5.41) is 0. The zero-order chi connectivity index (χ0) is 15.6. The van der Waals surface area contributed by atoms with Crippen LogP contribution in [0, 0.1) is 6.92 Å². The fourth-order valence-corrected chi connectivity index (χ4v) is 2.34. The standard InChI is InChI=1S/C14H17BF2O4/c1-8-6-10-11(19-14(16,17)18-10)7-9(8)15-20-12(2,3)13(4,5)21-15/h6-7H,1-5H3. The summed E-state index contributed by atoms with van der Waals surface area (Å²) in [4.78, 5) is 0. The predicted octanol–water partition coefficient (Wildman–Crippen LogP) is 2.62. The maximum Gasteiger partial charge on any atom is 0.586 e.